The Hall–Kier alpha value is -2.12. The van der Waals surface area contributed by atoms with Crippen LogP contribution in [0.4, 0.5) is 0 Å². The molecule has 0 spiro atoms. The smallest absolute Gasteiger partial charge is 0.329 e. The van der Waals surface area contributed by atoms with Gasteiger partial charge in [-0.05, 0) is 0 Å². The molecule has 108 valence electrons. The zero-order valence-electron chi connectivity index (χ0n) is 11.2. The molecule has 0 aliphatic carbocycles. The Labute approximate surface area is 110 Å². The number of ether oxygens (including phenoxy) is 3. The molecule has 19 heavy (non-hydrogen) atoms. The summed E-state index contributed by atoms with van der Waals surface area (Å²) in [6.07, 6.45) is -0.413. The Balaban J connectivity index is 5.21. The van der Waals surface area contributed by atoms with E-state index in [0.29, 0.717) is 0 Å². The van der Waals surface area contributed by atoms with Crippen LogP contribution in [-0.4, -0.2) is 51.2 Å². The maximum absolute atomic E-state index is 11.6. The molecule has 1 amide bonds. The topological polar surface area (TPSA) is 108 Å². The highest BCUT2D eigenvalue weighted by Crippen LogP contribution is 2.14. The van der Waals surface area contributed by atoms with Crippen molar-refractivity contribution in [2.45, 2.75) is 19.4 Å². The maximum Gasteiger partial charge on any atom is 0.329 e. The fraction of sp³-hybridized carbons (Fsp3) is 0.636. The van der Waals surface area contributed by atoms with Crippen LogP contribution < -0.4 is 5.32 Å². The van der Waals surface area contributed by atoms with E-state index in [2.05, 4.69) is 19.5 Å². The molecular formula is C11H17NO7. The van der Waals surface area contributed by atoms with Gasteiger partial charge in [0.25, 0.3) is 0 Å². The van der Waals surface area contributed by atoms with Crippen molar-refractivity contribution in [1.82, 2.24) is 5.32 Å². The predicted octanol–water partition coefficient (Wildman–Crippen LogP) is -0.984. The molecule has 0 aromatic rings. The van der Waals surface area contributed by atoms with E-state index in [1.54, 1.807) is 0 Å². The summed E-state index contributed by atoms with van der Waals surface area (Å²) in [5, 5.41) is 2.25. The first-order valence-corrected chi connectivity index (χ1v) is 5.36. The number of hydrogen-bond acceptors (Lipinski definition) is 7. The molecule has 0 aromatic carbocycles. The highest BCUT2D eigenvalue weighted by molar-refractivity contribution is 5.90. The summed E-state index contributed by atoms with van der Waals surface area (Å²) < 4.78 is 13.4. The predicted molar refractivity (Wildman–Crippen MR) is 61.8 cm³/mol. The third kappa shape index (κ3) is 5.36. The Kier molecular flexibility index (Phi) is 7.16. The second kappa shape index (κ2) is 8.06. The Morgan fingerprint density at radius 2 is 1.47 bits per heavy atom. The van der Waals surface area contributed by atoms with Crippen molar-refractivity contribution in [3.8, 4) is 0 Å². The van der Waals surface area contributed by atoms with Crippen LogP contribution in [0.2, 0.25) is 0 Å². The monoisotopic (exact) mass is 275 g/mol. The summed E-state index contributed by atoms with van der Waals surface area (Å²) in [5.41, 5.74) is 0. The van der Waals surface area contributed by atoms with Gasteiger partial charge in [0.1, 0.15) is 6.04 Å². The molecule has 0 bridgehead atoms. The zero-order valence-corrected chi connectivity index (χ0v) is 11.2. The number of rotatable bonds is 6. The van der Waals surface area contributed by atoms with Gasteiger partial charge in [-0.2, -0.15) is 0 Å². The number of carbonyl (C=O) groups excluding carboxylic acids is 4. The molecule has 0 saturated heterocycles. The van der Waals surface area contributed by atoms with Crippen molar-refractivity contribution in [3.05, 3.63) is 0 Å². The summed E-state index contributed by atoms with van der Waals surface area (Å²) in [4.78, 5) is 45.5. The average Bonchev–Trinajstić information content (AvgIpc) is 2.40. The summed E-state index contributed by atoms with van der Waals surface area (Å²) in [5.74, 6) is -4.15. The van der Waals surface area contributed by atoms with Gasteiger partial charge in [0.05, 0.1) is 33.7 Å². The normalized spacial score (nSPS) is 12.8. The van der Waals surface area contributed by atoms with Crippen molar-refractivity contribution in [3.63, 3.8) is 0 Å². The molecular weight excluding hydrogens is 258 g/mol. The van der Waals surface area contributed by atoms with E-state index in [1.165, 1.54) is 6.92 Å². The molecule has 8 nitrogen and oxygen atoms in total. The maximum atomic E-state index is 11.6. The molecule has 0 aliphatic heterocycles. The van der Waals surface area contributed by atoms with Gasteiger partial charge in [-0.15, -0.1) is 0 Å². The lowest BCUT2D eigenvalue weighted by molar-refractivity contribution is -0.159. The standard InChI is InChI=1S/C11H17NO7/c1-6(13)12-9(11(16)19-4)7(10(15)18-3)5-8(14)17-2/h7,9H,5H2,1-4H3,(H,12,13)/t7-,9+/m0/s1. The van der Waals surface area contributed by atoms with E-state index in [1.807, 2.05) is 0 Å². The molecule has 8 heteroatoms. The van der Waals surface area contributed by atoms with Crippen LogP contribution in [0.3, 0.4) is 0 Å². The van der Waals surface area contributed by atoms with Gasteiger partial charge in [-0.1, -0.05) is 0 Å². The molecule has 0 unspecified atom stereocenters. The lowest BCUT2D eigenvalue weighted by atomic mass is 9.96. The Bertz CT molecular complexity index is 366. The molecule has 0 saturated carbocycles. The molecule has 0 aliphatic rings. The number of nitrogens with one attached hydrogen (secondary N) is 1. The lowest BCUT2D eigenvalue weighted by Gasteiger charge is -2.22. The second-order valence-electron chi connectivity index (χ2n) is 3.61. The molecule has 1 N–H and O–H groups in total. The first kappa shape index (κ1) is 16.9. The third-order valence-corrected chi connectivity index (χ3v) is 2.33. The quantitative estimate of drug-likeness (QED) is 0.490. The highest BCUT2D eigenvalue weighted by Gasteiger charge is 2.38. The number of carbonyl (C=O) groups is 4. The van der Waals surface area contributed by atoms with Gasteiger partial charge in [-0.25, -0.2) is 4.79 Å². The summed E-state index contributed by atoms with van der Waals surface area (Å²) in [6.45, 7) is 1.17. The Morgan fingerprint density at radius 1 is 0.947 bits per heavy atom. The number of methoxy groups -OCH3 is 3. The first-order chi connectivity index (χ1) is 8.87. The lowest BCUT2D eigenvalue weighted by Crippen LogP contribution is -2.49. The van der Waals surface area contributed by atoms with Crippen LogP contribution in [-0.2, 0) is 33.4 Å². The van der Waals surface area contributed by atoms with Gasteiger partial charge < -0.3 is 19.5 Å². The molecule has 0 rings (SSSR count). The van der Waals surface area contributed by atoms with Crippen molar-refractivity contribution in [2.75, 3.05) is 21.3 Å². The van der Waals surface area contributed by atoms with Crippen LogP contribution in [0.25, 0.3) is 0 Å². The number of amides is 1. The van der Waals surface area contributed by atoms with Crippen LogP contribution in [0, 0.1) is 5.92 Å². The van der Waals surface area contributed by atoms with E-state index >= 15 is 0 Å². The van der Waals surface area contributed by atoms with Gasteiger partial charge >= 0.3 is 17.9 Å². The van der Waals surface area contributed by atoms with Crippen LogP contribution in [0.1, 0.15) is 13.3 Å². The minimum absolute atomic E-state index is 0.413. The molecule has 0 radical (unpaired) electrons. The first-order valence-electron chi connectivity index (χ1n) is 5.36. The van der Waals surface area contributed by atoms with E-state index in [9.17, 15) is 19.2 Å². The molecule has 2 atom stereocenters. The molecule has 0 fully saturated rings. The average molecular weight is 275 g/mol. The van der Waals surface area contributed by atoms with Crippen molar-refractivity contribution < 1.29 is 33.4 Å². The Morgan fingerprint density at radius 3 is 1.84 bits per heavy atom. The fourth-order valence-electron chi connectivity index (χ4n) is 1.42. The van der Waals surface area contributed by atoms with Gasteiger partial charge in [-0.3, -0.25) is 14.4 Å². The SMILES string of the molecule is COC(=O)C[C@H](C(=O)OC)[C@@H](NC(C)=O)C(=O)OC. The van der Waals surface area contributed by atoms with Gasteiger partial charge in [0, 0.05) is 6.92 Å². The summed E-state index contributed by atoms with van der Waals surface area (Å²) >= 11 is 0. The highest BCUT2D eigenvalue weighted by atomic mass is 16.5. The van der Waals surface area contributed by atoms with Crippen LogP contribution in [0.15, 0.2) is 0 Å². The van der Waals surface area contributed by atoms with Crippen molar-refractivity contribution in [1.29, 1.82) is 0 Å². The minimum Gasteiger partial charge on any atom is -0.469 e. The van der Waals surface area contributed by atoms with Crippen LogP contribution in [0.5, 0.6) is 0 Å². The minimum atomic E-state index is -1.31. The molecule has 0 heterocycles. The second-order valence-corrected chi connectivity index (χ2v) is 3.61. The number of hydrogen-bond donors (Lipinski definition) is 1. The van der Waals surface area contributed by atoms with Gasteiger partial charge in [0.2, 0.25) is 5.91 Å². The largest absolute Gasteiger partial charge is 0.469 e. The van der Waals surface area contributed by atoms with Crippen LogP contribution >= 0.6 is 0 Å². The van der Waals surface area contributed by atoms with E-state index in [-0.39, 0.29) is 0 Å². The van der Waals surface area contributed by atoms with E-state index in [0.717, 1.165) is 21.3 Å². The third-order valence-electron chi connectivity index (χ3n) is 2.33. The van der Waals surface area contributed by atoms with Crippen molar-refractivity contribution >= 4 is 23.8 Å². The summed E-state index contributed by atoms with van der Waals surface area (Å²) in [6, 6.07) is -1.31. The zero-order chi connectivity index (χ0) is 15.0. The molecule has 0 aromatic heterocycles. The van der Waals surface area contributed by atoms with Gasteiger partial charge in [0.15, 0.2) is 0 Å². The fourth-order valence-corrected chi connectivity index (χ4v) is 1.42. The number of esters is 3. The van der Waals surface area contributed by atoms with E-state index < -0.39 is 42.2 Å². The summed E-state index contributed by atoms with van der Waals surface area (Å²) in [7, 11) is 3.35. The van der Waals surface area contributed by atoms with E-state index in [4.69, 9.17) is 0 Å². The van der Waals surface area contributed by atoms with Crippen molar-refractivity contribution in [2.24, 2.45) is 5.92 Å².